The van der Waals surface area contributed by atoms with Gasteiger partial charge in [0.15, 0.2) is 6.61 Å². The molecule has 0 saturated heterocycles. The Labute approximate surface area is 111 Å². The number of halogens is 3. The Morgan fingerprint density at radius 2 is 2.05 bits per heavy atom. The van der Waals surface area contributed by atoms with Gasteiger partial charge in [-0.15, -0.1) is 5.10 Å². The number of hydrogen-bond donors (Lipinski definition) is 1. The average molecular weight is 289 g/mol. The van der Waals surface area contributed by atoms with E-state index in [-0.39, 0.29) is 5.75 Å². The van der Waals surface area contributed by atoms with Gasteiger partial charge in [-0.05, 0) is 23.7 Å². The van der Waals surface area contributed by atoms with Crippen LogP contribution in [0.25, 0.3) is 0 Å². The molecule has 1 aromatic carbocycles. The Bertz CT molecular complexity index is 516. The van der Waals surface area contributed by atoms with Crippen LogP contribution in [0.3, 0.4) is 0 Å². The Morgan fingerprint density at radius 1 is 1.26 bits per heavy atom. The van der Waals surface area contributed by atoms with Gasteiger partial charge < -0.3 is 10.1 Å². The van der Waals surface area contributed by atoms with E-state index in [1.165, 1.54) is 17.6 Å². The normalized spacial score (nSPS) is 11.3. The van der Waals surface area contributed by atoms with E-state index >= 15 is 0 Å². The summed E-state index contributed by atoms with van der Waals surface area (Å²) in [6.07, 6.45) is -4.36. The maximum absolute atomic E-state index is 12.1. The molecule has 2 rings (SSSR count). The highest BCUT2D eigenvalue weighted by atomic mass is 32.1. The maximum Gasteiger partial charge on any atom is 0.422 e. The molecule has 0 aliphatic rings. The summed E-state index contributed by atoms with van der Waals surface area (Å²) in [5.41, 5.74) is 1.20. The van der Waals surface area contributed by atoms with E-state index in [2.05, 4.69) is 14.9 Å². The van der Waals surface area contributed by atoms with Crippen LogP contribution in [0.2, 0.25) is 0 Å². The van der Waals surface area contributed by atoms with Gasteiger partial charge >= 0.3 is 6.18 Å². The first-order valence-corrected chi connectivity index (χ1v) is 6.16. The van der Waals surface area contributed by atoms with Crippen LogP contribution in [0.4, 0.5) is 18.9 Å². The summed E-state index contributed by atoms with van der Waals surface area (Å²) < 4.78 is 44.8. The lowest BCUT2D eigenvalue weighted by Gasteiger charge is -2.13. The van der Waals surface area contributed by atoms with Crippen LogP contribution in [0.15, 0.2) is 29.6 Å². The van der Waals surface area contributed by atoms with Crippen molar-refractivity contribution in [3.05, 3.63) is 35.3 Å². The van der Waals surface area contributed by atoms with Crippen LogP contribution in [-0.2, 0) is 6.54 Å². The number of rotatable bonds is 5. The molecule has 0 bridgehead atoms. The molecule has 0 saturated carbocycles. The number of hydrogen-bond acceptors (Lipinski definition) is 5. The van der Waals surface area contributed by atoms with E-state index in [0.29, 0.717) is 12.2 Å². The molecular weight excluding hydrogens is 279 g/mol. The Balaban J connectivity index is 1.99. The van der Waals surface area contributed by atoms with Crippen molar-refractivity contribution in [2.24, 2.45) is 0 Å². The molecule has 8 heteroatoms. The van der Waals surface area contributed by atoms with Crippen LogP contribution in [0.1, 0.15) is 5.69 Å². The molecule has 0 spiro atoms. The van der Waals surface area contributed by atoms with Gasteiger partial charge in [-0.2, -0.15) is 13.2 Å². The summed E-state index contributed by atoms with van der Waals surface area (Å²) in [4.78, 5) is 0. The minimum absolute atomic E-state index is 0.156. The van der Waals surface area contributed by atoms with Gasteiger partial charge in [-0.3, -0.25) is 0 Å². The highest BCUT2D eigenvalue weighted by molar-refractivity contribution is 7.03. The van der Waals surface area contributed by atoms with Crippen molar-refractivity contribution in [1.29, 1.82) is 0 Å². The lowest BCUT2D eigenvalue weighted by molar-refractivity contribution is -0.153. The third kappa shape index (κ3) is 4.40. The van der Waals surface area contributed by atoms with Gasteiger partial charge in [0, 0.05) is 5.38 Å². The van der Waals surface area contributed by atoms with Gasteiger partial charge in [-0.1, -0.05) is 16.6 Å². The number of anilines is 1. The fraction of sp³-hybridized carbons (Fsp3) is 0.273. The van der Waals surface area contributed by atoms with Crippen molar-refractivity contribution in [2.45, 2.75) is 12.7 Å². The van der Waals surface area contributed by atoms with Crippen molar-refractivity contribution in [3.8, 4) is 5.75 Å². The third-order valence-electron chi connectivity index (χ3n) is 2.14. The summed E-state index contributed by atoms with van der Waals surface area (Å²) in [6.45, 7) is -0.938. The molecule has 0 unspecified atom stereocenters. The number of benzene rings is 1. The first kappa shape index (κ1) is 13.6. The van der Waals surface area contributed by atoms with Gasteiger partial charge in [0.2, 0.25) is 0 Å². The first-order valence-electron chi connectivity index (χ1n) is 5.33. The SMILES string of the molecule is FC(F)(F)COc1ccccc1NCc1csnn1. The number of aromatic nitrogens is 2. The van der Waals surface area contributed by atoms with Crippen molar-refractivity contribution in [3.63, 3.8) is 0 Å². The van der Waals surface area contributed by atoms with E-state index in [1.807, 2.05) is 0 Å². The molecule has 0 amide bonds. The zero-order valence-corrected chi connectivity index (χ0v) is 10.5. The summed E-state index contributed by atoms with van der Waals surface area (Å²) in [5, 5.41) is 8.55. The molecular formula is C11H10F3N3OS. The molecule has 0 radical (unpaired) electrons. The fourth-order valence-corrected chi connectivity index (χ4v) is 1.80. The van der Waals surface area contributed by atoms with E-state index in [9.17, 15) is 13.2 Å². The lowest BCUT2D eigenvalue weighted by atomic mass is 10.3. The van der Waals surface area contributed by atoms with Crippen molar-refractivity contribution < 1.29 is 17.9 Å². The maximum atomic E-state index is 12.1. The number of ether oxygens (including phenoxy) is 1. The van der Waals surface area contributed by atoms with Crippen LogP contribution in [0, 0.1) is 0 Å². The highest BCUT2D eigenvalue weighted by Crippen LogP contribution is 2.26. The summed E-state index contributed by atoms with van der Waals surface area (Å²) in [7, 11) is 0. The molecule has 102 valence electrons. The topological polar surface area (TPSA) is 47.0 Å². The number of nitrogens with one attached hydrogen (secondary N) is 1. The number of alkyl halides is 3. The van der Waals surface area contributed by atoms with Crippen molar-refractivity contribution >= 4 is 17.2 Å². The highest BCUT2D eigenvalue weighted by Gasteiger charge is 2.28. The Morgan fingerprint density at radius 3 is 2.74 bits per heavy atom. The van der Waals surface area contributed by atoms with Crippen LogP contribution in [0.5, 0.6) is 5.75 Å². The quantitative estimate of drug-likeness (QED) is 0.919. The largest absolute Gasteiger partial charge is 0.482 e. The molecule has 0 aliphatic heterocycles. The van der Waals surface area contributed by atoms with E-state index < -0.39 is 12.8 Å². The average Bonchev–Trinajstić information content (AvgIpc) is 2.87. The summed E-state index contributed by atoms with van der Waals surface area (Å²) in [6, 6.07) is 6.45. The second-order valence-corrected chi connectivity index (χ2v) is 4.26. The van der Waals surface area contributed by atoms with Gasteiger partial charge in [0.25, 0.3) is 0 Å². The predicted molar refractivity (Wildman–Crippen MR) is 65.2 cm³/mol. The van der Waals surface area contributed by atoms with Gasteiger partial charge in [0.1, 0.15) is 5.75 Å². The molecule has 2 aromatic rings. The smallest absolute Gasteiger partial charge is 0.422 e. The van der Waals surface area contributed by atoms with Gasteiger partial charge in [0.05, 0.1) is 17.9 Å². The van der Waals surface area contributed by atoms with Crippen LogP contribution < -0.4 is 10.1 Å². The van der Waals surface area contributed by atoms with E-state index in [4.69, 9.17) is 4.74 Å². The molecule has 0 atom stereocenters. The standard InChI is InChI=1S/C11H10F3N3OS/c12-11(13,14)7-18-10-4-2-1-3-9(10)15-5-8-6-19-17-16-8/h1-4,6,15H,5,7H2. The second kappa shape index (κ2) is 5.87. The van der Waals surface area contributed by atoms with E-state index in [1.54, 1.807) is 23.6 Å². The molecule has 1 aromatic heterocycles. The molecule has 1 N–H and O–H groups in total. The first-order chi connectivity index (χ1) is 9.04. The fourth-order valence-electron chi connectivity index (χ4n) is 1.34. The second-order valence-electron chi connectivity index (χ2n) is 3.65. The van der Waals surface area contributed by atoms with Crippen LogP contribution in [-0.4, -0.2) is 22.4 Å². The van der Waals surface area contributed by atoms with Crippen molar-refractivity contribution in [2.75, 3.05) is 11.9 Å². The van der Waals surface area contributed by atoms with Crippen molar-refractivity contribution in [1.82, 2.24) is 9.59 Å². The van der Waals surface area contributed by atoms with Crippen LogP contribution >= 0.6 is 11.5 Å². The third-order valence-corrected chi connectivity index (χ3v) is 2.70. The summed E-state index contributed by atoms with van der Waals surface area (Å²) in [5.74, 6) is 0.156. The molecule has 0 fully saturated rings. The predicted octanol–water partition coefficient (Wildman–Crippen LogP) is 3.09. The molecule has 19 heavy (non-hydrogen) atoms. The minimum Gasteiger partial charge on any atom is -0.482 e. The molecule has 4 nitrogen and oxygen atoms in total. The number of para-hydroxylation sites is 2. The van der Waals surface area contributed by atoms with E-state index in [0.717, 1.165) is 5.69 Å². The zero-order chi connectivity index (χ0) is 13.7. The lowest BCUT2D eigenvalue weighted by Crippen LogP contribution is -2.19. The number of nitrogens with zero attached hydrogens (tertiary/aromatic N) is 2. The Hall–Kier alpha value is -1.83. The zero-order valence-electron chi connectivity index (χ0n) is 9.65. The van der Waals surface area contributed by atoms with Gasteiger partial charge in [-0.25, -0.2) is 0 Å². The monoisotopic (exact) mass is 289 g/mol. The summed E-state index contributed by atoms with van der Waals surface area (Å²) >= 11 is 1.21. The minimum atomic E-state index is -4.36. The Kier molecular flexibility index (Phi) is 4.20. The molecule has 0 aliphatic carbocycles. The molecule has 1 heterocycles.